The normalized spacial score (nSPS) is 15.9. The van der Waals surface area contributed by atoms with Crippen molar-refractivity contribution in [3.8, 4) is 0 Å². The van der Waals surface area contributed by atoms with Crippen molar-refractivity contribution in [3.05, 3.63) is 54.1 Å². The van der Waals surface area contributed by atoms with E-state index in [9.17, 15) is 9.90 Å². The first kappa shape index (κ1) is 28.3. The Bertz CT molecular complexity index is 798. The molecule has 1 fully saturated rings. The van der Waals surface area contributed by atoms with Crippen LogP contribution in [0.5, 0.6) is 0 Å². The fourth-order valence-electron chi connectivity index (χ4n) is 3.40. The maximum atomic E-state index is 12.4. The maximum absolute atomic E-state index is 12.4. The zero-order valence-electron chi connectivity index (χ0n) is 17.1. The number of hydrogen-bond donors (Lipinski definition) is 4. The van der Waals surface area contributed by atoms with Crippen LogP contribution in [0.1, 0.15) is 30.6 Å². The molecule has 0 radical (unpaired) electrons. The van der Waals surface area contributed by atoms with Crippen LogP contribution in [-0.2, 0) is 0 Å². The lowest BCUT2D eigenvalue weighted by atomic mass is 10.1. The lowest BCUT2D eigenvalue weighted by Crippen LogP contribution is -2.38. The first-order valence-corrected chi connectivity index (χ1v) is 9.27. The van der Waals surface area contributed by atoms with E-state index in [0.717, 1.165) is 25.2 Å². The van der Waals surface area contributed by atoms with E-state index < -0.39 is 5.60 Å². The molecule has 3 rings (SSSR count). The summed E-state index contributed by atoms with van der Waals surface area (Å²) in [6.07, 6.45) is 1.03. The second kappa shape index (κ2) is 12.2. The fourth-order valence-corrected chi connectivity index (χ4v) is 3.40. The average Bonchev–Trinajstić information content (AvgIpc) is 3.02. The number of likely N-dealkylation sites (tertiary alicyclic amines) is 1. The highest BCUT2D eigenvalue weighted by Crippen LogP contribution is 2.20. The molecule has 2 aromatic rings. The number of nitrogens with two attached hydrogens (primary N) is 1. The van der Waals surface area contributed by atoms with Crippen LogP contribution in [0.2, 0.25) is 0 Å². The van der Waals surface area contributed by atoms with Crippen LogP contribution in [0.4, 0.5) is 17.1 Å². The summed E-state index contributed by atoms with van der Waals surface area (Å²) in [6.45, 7) is 6.22. The number of nitrogens with one attached hydrogen (secondary N) is 2. The molecule has 0 unspecified atom stereocenters. The van der Waals surface area contributed by atoms with E-state index in [4.69, 9.17) is 5.73 Å². The number of nitrogens with zero attached hydrogens (tertiary/aromatic N) is 1. The first-order valence-electron chi connectivity index (χ1n) is 9.27. The molecule has 1 amide bonds. The van der Waals surface area contributed by atoms with E-state index in [1.165, 1.54) is 0 Å². The minimum atomic E-state index is -0.675. The van der Waals surface area contributed by atoms with Gasteiger partial charge < -0.3 is 21.5 Å². The molecular weight excluding hydrogens is 447 g/mol. The highest BCUT2D eigenvalue weighted by atomic mass is 35.5. The lowest BCUT2D eigenvalue weighted by molar-refractivity contribution is 0.0437. The van der Waals surface area contributed by atoms with Gasteiger partial charge in [0.15, 0.2) is 0 Å². The number of amides is 1. The summed E-state index contributed by atoms with van der Waals surface area (Å²) in [7, 11) is 0. The van der Waals surface area contributed by atoms with Crippen molar-refractivity contribution in [2.75, 3.05) is 36.0 Å². The SMILES string of the molecule is CC(C)(O)CN1CC[C@@H](Nc2ccc(C(=O)Nc3ccccc3N)cc2)C1.Cl.Cl.Cl. The summed E-state index contributed by atoms with van der Waals surface area (Å²) >= 11 is 0. The van der Waals surface area contributed by atoms with Gasteiger partial charge in [-0.1, -0.05) is 12.1 Å². The van der Waals surface area contributed by atoms with Gasteiger partial charge in [-0.15, -0.1) is 37.2 Å². The molecule has 0 aliphatic carbocycles. The van der Waals surface area contributed by atoms with Crippen molar-refractivity contribution in [1.82, 2.24) is 4.90 Å². The van der Waals surface area contributed by atoms with Crippen molar-refractivity contribution in [1.29, 1.82) is 0 Å². The van der Waals surface area contributed by atoms with Crippen molar-refractivity contribution in [3.63, 3.8) is 0 Å². The van der Waals surface area contributed by atoms with Gasteiger partial charge in [-0.2, -0.15) is 0 Å². The van der Waals surface area contributed by atoms with E-state index in [-0.39, 0.29) is 43.1 Å². The smallest absolute Gasteiger partial charge is 0.255 e. The zero-order chi connectivity index (χ0) is 19.4. The number of anilines is 3. The third-order valence-corrected chi connectivity index (χ3v) is 4.61. The Morgan fingerprint density at radius 2 is 1.77 bits per heavy atom. The van der Waals surface area contributed by atoms with Crippen LogP contribution >= 0.6 is 37.2 Å². The second-order valence-electron chi connectivity index (χ2n) is 7.80. The predicted octanol–water partition coefficient (Wildman–Crippen LogP) is 4.04. The number of rotatable bonds is 6. The number of hydrogen-bond acceptors (Lipinski definition) is 5. The van der Waals surface area contributed by atoms with Crippen LogP contribution in [-0.4, -0.2) is 47.2 Å². The number of benzene rings is 2. The van der Waals surface area contributed by atoms with Gasteiger partial charge in [0.1, 0.15) is 0 Å². The molecule has 1 aliphatic heterocycles. The lowest BCUT2D eigenvalue weighted by Gasteiger charge is -2.25. The summed E-state index contributed by atoms with van der Waals surface area (Å²) < 4.78 is 0. The van der Waals surface area contributed by atoms with Crippen molar-refractivity contribution < 1.29 is 9.90 Å². The maximum Gasteiger partial charge on any atom is 0.255 e. The van der Waals surface area contributed by atoms with Crippen LogP contribution in [0.25, 0.3) is 0 Å². The predicted molar refractivity (Wildman–Crippen MR) is 132 cm³/mol. The van der Waals surface area contributed by atoms with E-state index in [2.05, 4.69) is 15.5 Å². The molecule has 30 heavy (non-hydrogen) atoms. The highest BCUT2D eigenvalue weighted by Gasteiger charge is 2.26. The third kappa shape index (κ3) is 8.20. The third-order valence-electron chi connectivity index (χ3n) is 4.61. The van der Waals surface area contributed by atoms with Crippen LogP contribution in [0.15, 0.2) is 48.5 Å². The standard InChI is InChI=1S/C21H28N4O2.3ClH/c1-21(2,27)14-25-12-11-17(13-25)23-16-9-7-15(8-10-16)20(26)24-19-6-4-3-5-18(19)22;;;/h3-10,17,23,27H,11-14,22H2,1-2H3,(H,24,26);3*1H/t17-;;;/m1.../s1. The number of β-amino-alcohol motifs (C(OH)–C–C–N with tert-alkyl or cyclic N) is 1. The Hall–Kier alpha value is -1.70. The number of aliphatic hydroxyl groups is 1. The van der Waals surface area contributed by atoms with Gasteiger partial charge in [0.2, 0.25) is 0 Å². The van der Waals surface area contributed by atoms with Gasteiger partial charge in [-0.05, 0) is 56.7 Å². The quantitative estimate of drug-likeness (QED) is 0.471. The van der Waals surface area contributed by atoms with E-state index in [0.29, 0.717) is 29.5 Å². The number of carbonyl (C=O) groups is 1. The van der Waals surface area contributed by atoms with E-state index >= 15 is 0 Å². The molecule has 1 aliphatic rings. The molecule has 9 heteroatoms. The molecule has 2 aromatic carbocycles. The molecule has 6 nitrogen and oxygen atoms in total. The van der Waals surface area contributed by atoms with Crippen LogP contribution in [0.3, 0.4) is 0 Å². The Labute approximate surface area is 196 Å². The van der Waals surface area contributed by atoms with Gasteiger partial charge in [0.25, 0.3) is 5.91 Å². The minimum Gasteiger partial charge on any atom is -0.397 e. The molecule has 0 spiro atoms. The number of halogens is 3. The van der Waals surface area contributed by atoms with Crippen LogP contribution < -0.4 is 16.4 Å². The van der Waals surface area contributed by atoms with Gasteiger partial charge in [0, 0.05) is 36.9 Å². The average molecular weight is 478 g/mol. The summed E-state index contributed by atoms with van der Waals surface area (Å²) in [5.74, 6) is -0.184. The molecular formula is C21H31Cl3N4O2. The van der Waals surface area contributed by atoms with Crippen LogP contribution in [0, 0.1) is 0 Å². The second-order valence-corrected chi connectivity index (χ2v) is 7.80. The van der Waals surface area contributed by atoms with Gasteiger partial charge >= 0.3 is 0 Å². The molecule has 1 atom stereocenters. The minimum absolute atomic E-state index is 0. The Morgan fingerprint density at radius 3 is 2.37 bits per heavy atom. The monoisotopic (exact) mass is 476 g/mol. The fraction of sp³-hybridized carbons (Fsp3) is 0.381. The van der Waals surface area contributed by atoms with Crippen molar-refractivity contribution in [2.24, 2.45) is 0 Å². The largest absolute Gasteiger partial charge is 0.397 e. The van der Waals surface area contributed by atoms with Crippen molar-refractivity contribution >= 4 is 60.2 Å². The Balaban J connectivity index is 0.00000280. The molecule has 1 saturated heterocycles. The van der Waals surface area contributed by atoms with Gasteiger partial charge in [-0.25, -0.2) is 0 Å². The Morgan fingerprint density at radius 1 is 1.13 bits per heavy atom. The summed E-state index contributed by atoms with van der Waals surface area (Å²) in [6, 6.07) is 15.0. The van der Waals surface area contributed by atoms with Crippen molar-refractivity contribution in [2.45, 2.75) is 31.9 Å². The zero-order valence-corrected chi connectivity index (χ0v) is 19.6. The van der Waals surface area contributed by atoms with E-state index in [1.807, 2.05) is 38.1 Å². The number of nitrogen functional groups attached to an aromatic ring is 1. The molecule has 168 valence electrons. The van der Waals surface area contributed by atoms with Gasteiger partial charge in [-0.3, -0.25) is 9.69 Å². The molecule has 1 heterocycles. The first-order chi connectivity index (χ1) is 12.8. The van der Waals surface area contributed by atoms with Gasteiger partial charge in [0.05, 0.1) is 17.0 Å². The molecule has 0 aromatic heterocycles. The summed E-state index contributed by atoms with van der Waals surface area (Å²) in [4.78, 5) is 14.6. The molecule has 5 N–H and O–H groups in total. The molecule has 0 saturated carbocycles. The highest BCUT2D eigenvalue weighted by molar-refractivity contribution is 6.05. The number of para-hydroxylation sites is 2. The van der Waals surface area contributed by atoms with E-state index in [1.54, 1.807) is 24.3 Å². The molecule has 0 bridgehead atoms. The summed E-state index contributed by atoms with van der Waals surface area (Å²) in [5, 5.41) is 16.3. The Kier molecular flexibility index (Phi) is 11.5. The number of carbonyl (C=O) groups excluding carboxylic acids is 1. The topological polar surface area (TPSA) is 90.6 Å². The summed E-state index contributed by atoms with van der Waals surface area (Å²) in [5.41, 5.74) is 7.92.